The van der Waals surface area contributed by atoms with Crippen LogP contribution in [0.5, 0.6) is 0 Å². The van der Waals surface area contributed by atoms with E-state index in [4.69, 9.17) is 5.73 Å². The van der Waals surface area contributed by atoms with Gasteiger partial charge in [-0.1, -0.05) is 18.2 Å². The molecule has 118 valence electrons. The lowest BCUT2D eigenvalue weighted by Gasteiger charge is -2.33. The van der Waals surface area contributed by atoms with Crippen molar-refractivity contribution in [3.05, 3.63) is 30.3 Å². The molecule has 3 rings (SSSR count). The quantitative estimate of drug-likeness (QED) is 0.886. The first-order chi connectivity index (χ1) is 10.6. The number of hydrogen-bond acceptors (Lipinski definition) is 3. The number of carbonyl (C=O) groups is 2. The Labute approximate surface area is 130 Å². The summed E-state index contributed by atoms with van der Waals surface area (Å²) >= 11 is 0. The molecule has 2 aliphatic rings. The summed E-state index contributed by atoms with van der Waals surface area (Å²) in [7, 11) is 0. The Morgan fingerprint density at radius 2 is 1.95 bits per heavy atom. The van der Waals surface area contributed by atoms with Crippen molar-refractivity contribution in [3.8, 4) is 0 Å². The highest BCUT2D eigenvalue weighted by Crippen LogP contribution is 2.25. The molecule has 1 saturated carbocycles. The van der Waals surface area contributed by atoms with Crippen LogP contribution in [0.4, 0.5) is 5.69 Å². The fourth-order valence-electron chi connectivity index (χ4n) is 3.42. The smallest absolute Gasteiger partial charge is 0.249 e. The Bertz CT molecular complexity index is 546. The van der Waals surface area contributed by atoms with Crippen molar-refractivity contribution in [2.24, 2.45) is 11.7 Å². The first-order valence-electron chi connectivity index (χ1n) is 8.07. The second kappa shape index (κ2) is 6.48. The Kier molecular flexibility index (Phi) is 4.43. The van der Waals surface area contributed by atoms with E-state index in [0.717, 1.165) is 31.4 Å². The minimum absolute atomic E-state index is 0.00639. The average Bonchev–Trinajstić information content (AvgIpc) is 2.97. The maximum absolute atomic E-state index is 12.6. The number of nitrogens with zero attached hydrogens (tertiary/aromatic N) is 1. The van der Waals surface area contributed by atoms with Crippen molar-refractivity contribution < 1.29 is 9.59 Å². The third kappa shape index (κ3) is 3.14. The van der Waals surface area contributed by atoms with Crippen molar-refractivity contribution in [1.82, 2.24) is 5.32 Å². The van der Waals surface area contributed by atoms with Crippen LogP contribution < -0.4 is 16.0 Å². The van der Waals surface area contributed by atoms with Crippen molar-refractivity contribution in [1.29, 1.82) is 0 Å². The van der Waals surface area contributed by atoms with Crippen molar-refractivity contribution >= 4 is 17.5 Å². The number of amides is 2. The topological polar surface area (TPSA) is 75.4 Å². The number of carbonyl (C=O) groups excluding carboxylic acids is 2. The van der Waals surface area contributed by atoms with Crippen LogP contribution in [0.15, 0.2) is 30.3 Å². The normalized spacial score (nSPS) is 28.7. The highest BCUT2D eigenvalue weighted by atomic mass is 16.2. The van der Waals surface area contributed by atoms with Gasteiger partial charge in [0.2, 0.25) is 11.8 Å². The van der Waals surface area contributed by atoms with Gasteiger partial charge in [0.1, 0.15) is 6.04 Å². The van der Waals surface area contributed by atoms with Crippen molar-refractivity contribution in [3.63, 3.8) is 0 Å². The van der Waals surface area contributed by atoms with Crippen LogP contribution in [-0.4, -0.2) is 30.4 Å². The summed E-state index contributed by atoms with van der Waals surface area (Å²) in [6, 6.07) is 9.35. The van der Waals surface area contributed by atoms with Crippen molar-refractivity contribution in [2.75, 3.05) is 11.4 Å². The molecule has 1 aliphatic heterocycles. The highest BCUT2D eigenvalue weighted by molar-refractivity contribution is 6.00. The predicted octanol–water partition coefficient (Wildman–Crippen LogP) is 1.43. The maximum atomic E-state index is 12.6. The molecule has 0 aromatic heterocycles. The molecular weight excluding hydrogens is 278 g/mol. The molecule has 1 aromatic carbocycles. The Morgan fingerprint density at radius 1 is 1.18 bits per heavy atom. The van der Waals surface area contributed by atoms with Crippen LogP contribution in [0.2, 0.25) is 0 Å². The molecule has 3 atom stereocenters. The molecule has 1 saturated heterocycles. The van der Waals surface area contributed by atoms with E-state index in [1.807, 2.05) is 30.3 Å². The van der Waals surface area contributed by atoms with Gasteiger partial charge in [-0.2, -0.15) is 0 Å². The summed E-state index contributed by atoms with van der Waals surface area (Å²) in [4.78, 5) is 26.7. The Hall–Kier alpha value is -1.88. The van der Waals surface area contributed by atoms with Gasteiger partial charge >= 0.3 is 0 Å². The average molecular weight is 301 g/mol. The van der Waals surface area contributed by atoms with Gasteiger partial charge in [-0.25, -0.2) is 0 Å². The summed E-state index contributed by atoms with van der Waals surface area (Å²) in [6.45, 7) is 0.712. The molecule has 3 N–H and O–H groups in total. The number of rotatable bonds is 3. The molecule has 22 heavy (non-hydrogen) atoms. The van der Waals surface area contributed by atoms with Gasteiger partial charge in [0, 0.05) is 24.2 Å². The summed E-state index contributed by atoms with van der Waals surface area (Å²) in [5, 5.41) is 2.95. The number of piperidine rings is 1. The second-order valence-electron chi connectivity index (χ2n) is 6.30. The predicted molar refractivity (Wildman–Crippen MR) is 85.3 cm³/mol. The fourth-order valence-corrected chi connectivity index (χ4v) is 3.42. The third-order valence-electron chi connectivity index (χ3n) is 4.67. The molecule has 2 amide bonds. The standard InChI is InChI=1S/C17H23N3O2/c18-13-9-8-12(11-13)16(21)19-15-7-4-10-20(17(15)22)14-5-2-1-3-6-14/h1-3,5-6,12-13,15H,4,7-11,18H2,(H,19,21). The molecule has 5 heteroatoms. The second-order valence-corrected chi connectivity index (χ2v) is 6.30. The first-order valence-corrected chi connectivity index (χ1v) is 8.07. The molecule has 0 bridgehead atoms. The Morgan fingerprint density at radius 3 is 2.64 bits per heavy atom. The van der Waals surface area contributed by atoms with Crippen LogP contribution in [0.25, 0.3) is 0 Å². The van der Waals surface area contributed by atoms with Crippen LogP contribution in [0.3, 0.4) is 0 Å². The summed E-state index contributed by atoms with van der Waals surface area (Å²) in [5.41, 5.74) is 6.76. The first kappa shape index (κ1) is 15.0. The monoisotopic (exact) mass is 301 g/mol. The summed E-state index contributed by atoms with van der Waals surface area (Å²) in [6.07, 6.45) is 4.07. The van der Waals surface area contributed by atoms with E-state index in [2.05, 4.69) is 5.32 Å². The summed E-state index contributed by atoms with van der Waals surface area (Å²) < 4.78 is 0. The molecule has 1 aromatic rings. The van der Waals surface area contributed by atoms with E-state index in [1.165, 1.54) is 0 Å². The minimum atomic E-state index is -0.404. The van der Waals surface area contributed by atoms with E-state index < -0.39 is 6.04 Å². The van der Waals surface area contributed by atoms with Crippen LogP contribution in [0, 0.1) is 5.92 Å². The molecule has 0 radical (unpaired) electrons. The van der Waals surface area contributed by atoms with Crippen LogP contribution in [0.1, 0.15) is 32.1 Å². The van der Waals surface area contributed by atoms with Gasteiger partial charge < -0.3 is 16.0 Å². The van der Waals surface area contributed by atoms with Gasteiger partial charge in [0.25, 0.3) is 0 Å². The Balaban J connectivity index is 1.64. The zero-order valence-electron chi connectivity index (χ0n) is 12.7. The zero-order chi connectivity index (χ0) is 15.5. The van der Waals surface area contributed by atoms with Gasteiger partial charge in [-0.3, -0.25) is 9.59 Å². The number of anilines is 1. The van der Waals surface area contributed by atoms with E-state index in [-0.39, 0.29) is 23.8 Å². The van der Waals surface area contributed by atoms with Crippen LogP contribution in [-0.2, 0) is 9.59 Å². The van der Waals surface area contributed by atoms with Gasteiger partial charge in [-0.15, -0.1) is 0 Å². The van der Waals surface area contributed by atoms with Gasteiger partial charge in [0.15, 0.2) is 0 Å². The zero-order valence-corrected chi connectivity index (χ0v) is 12.7. The molecular formula is C17H23N3O2. The lowest BCUT2D eigenvalue weighted by molar-refractivity contribution is -0.130. The number of hydrogen-bond donors (Lipinski definition) is 2. The molecule has 1 heterocycles. The lowest BCUT2D eigenvalue weighted by atomic mass is 10.0. The number of nitrogens with one attached hydrogen (secondary N) is 1. The fraction of sp³-hybridized carbons (Fsp3) is 0.529. The van der Waals surface area contributed by atoms with E-state index in [1.54, 1.807) is 4.90 Å². The molecule has 3 unspecified atom stereocenters. The van der Waals surface area contributed by atoms with Crippen LogP contribution >= 0.6 is 0 Å². The van der Waals surface area contributed by atoms with E-state index >= 15 is 0 Å². The molecule has 1 aliphatic carbocycles. The maximum Gasteiger partial charge on any atom is 0.249 e. The van der Waals surface area contributed by atoms with Gasteiger partial charge in [0.05, 0.1) is 0 Å². The number of nitrogens with two attached hydrogens (primary N) is 1. The molecule has 2 fully saturated rings. The molecule has 0 spiro atoms. The van der Waals surface area contributed by atoms with Gasteiger partial charge in [-0.05, 0) is 44.2 Å². The van der Waals surface area contributed by atoms with E-state index in [0.29, 0.717) is 13.0 Å². The SMILES string of the molecule is NC1CCC(C(=O)NC2CCCN(c3ccccc3)C2=O)C1. The summed E-state index contributed by atoms with van der Waals surface area (Å²) in [5.74, 6) is -0.0517. The minimum Gasteiger partial charge on any atom is -0.344 e. The lowest BCUT2D eigenvalue weighted by Crippen LogP contribution is -2.53. The number of benzene rings is 1. The third-order valence-corrected chi connectivity index (χ3v) is 4.67. The molecule has 5 nitrogen and oxygen atoms in total. The van der Waals surface area contributed by atoms with Crippen molar-refractivity contribution in [2.45, 2.75) is 44.2 Å². The number of para-hydroxylation sites is 1. The van der Waals surface area contributed by atoms with E-state index in [9.17, 15) is 9.59 Å². The largest absolute Gasteiger partial charge is 0.344 e. The highest BCUT2D eigenvalue weighted by Gasteiger charge is 2.34.